The van der Waals surface area contributed by atoms with Crippen molar-refractivity contribution in [2.45, 2.75) is 39.1 Å². The van der Waals surface area contributed by atoms with Crippen molar-refractivity contribution in [3.63, 3.8) is 0 Å². The van der Waals surface area contributed by atoms with Crippen LogP contribution in [0.5, 0.6) is 5.88 Å². The molecule has 3 aromatic heterocycles. The maximum atomic E-state index is 13.5. The second-order valence-corrected chi connectivity index (χ2v) is 8.60. The number of pyridine rings is 2. The van der Waals surface area contributed by atoms with E-state index in [1.165, 1.54) is 24.6 Å². The number of nitrogens with zero attached hydrogens (tertiary/aromatic N) is 3. The molecule has 2 amide bonds. The Kier molecular flexibility index (Phi) is 7.34. The molecule has 0 saturated heterocycles. The van der Waals surface area contributed by atoms with Gasteiger partial charge in [0.2, 0.25) is 5.88 Å². The number of carbonyl (C=O) groups excluding carboxylic acids is 1. The number of halogens is 3. The van der Waals surface area contributed by atoms with Crippen molar-refractivity contribution in [1.82, 2.24) is 15.0 Å². The van der Waals surface area contributed by atoms with Gasteiger partial charge in [-0.2, -0.15) is 13.2 Å². The molecular formula is C20H24F3N6O3S+. The lowest BCUT2D eigenvalue weighted by Crippen LogP contribution is -2.61. The molecular weight excluding hydrogens is 461 g/mol. The summed E-state index contributed by atoms with van der Waals surface area (Å²) in [4.78, 5) is 25.8. The summed E-state index contributed by atoms with van der Waals surface area (Å²) in [6.45, 7) is 5.29. The minimum absolute atomic E-state index is 0.0324. The Labute approximate surface area is 191 Å². The van der Waals surface area contributed by atoms with Gasteiger partial charge in [-0.25, -0.2) is 19.7 Å². The number of rotatable bonds is 7. The molecule has 2 atom stereocenters. The molecule has 0 spiro atoms. The lowest BCUT2D eigenvalue weighted by atomic mass is 10.1. The highest BCUT2D eigenvalue weighted by atomic mass is 32.1. The van der Waals surface area contributed by atoms with Crippen molar-refractivity contribution in [2.24, 2.45) is 0 Å². The summed E-state index contributed by atoms with van der Waals surface area (Å²) in [7, 11) is 1.52. The molecule has 9 nitrogen and oxygen atoms in total. The van der Waals surface area contributed by atoms with Crippen LogP contribution in [0.1, 0.15) is 36.1 Å². The van der Waals surface area contributed by atoms with Gasteiger partial charge in [0.25, 0.3) is 0 Å². The molecule has 0 aliphatic rings. The fourth-order valence-electron chi connectivity index (χ4n) is 2.97. The highest BCUT2D eigenvalue weighted by Crippen LogP contribution is 2.37. The first-order valence-electron chi connectivity index (χ1n) is 9.89. The highest BCUT2D eigenvalue weighted by Gasteiger charge is 2.36. The first-order chi connectivity index (χ1) is 15.5. The molecule has 0 bridgehead atoms. The number of thiazole rings is 1. The predicted molar refractivity (Wildman–Crippen MR) is 117 cm³/mol. The summed E-state index contributed by atoms with van der Waals surface area (Å²) in [5.41, 5.74) is 3.94. The quantitative estimate of drug-likeness (QED) is 0.468. The zero-order valence-electron chi connectivity index (χ0n) is 18.4. The SMILES string of the molecule is CO[C@@H](C)c1c(NC(=O)Nc2cnc(OC[C@H](C)[NH3+])c(C(F)(F)F)c2)cnc2sc(C)nc12. The van der Waals surface area contributed by atoms with Crippen molar-refractivity contribution in [3.8, 4) is 5.88 Å². The van der Waals surface area contributed by atoms with E-state index in [2.05, 4.69) is 31.3 Å². The Morgan fingerprint density at radius 2 is 1.97 bits per heavy atom. The number of methoxy groups -OCH3 is 1. The summed E-state index contributed by atoms with van der Waals surface area (Å²) < 4.78 is 51.0. The molecule has 178 valence electrons. The minimum Gasteiger partial charge on any atom is -0.471 e. The molecule has 3 heterocycles. The molecule has 0 aliphatic heterocycles. The topological polar surface area (TPSA) is 126 Å². The monoisotopic (exact) mass is 485 g/mol. The maximum absolute atomic E-state index is 13.5. The van der Waals surface area contributed by atoms with Crippen molar-refractivity contribution in [1.29, 1.82) is 0 Å². The number of quaternary nitrogens is 1. The van der Waals surface area contributed by atoms with Crippen molar-refractivity contribution >= 4 is 39.1 Å². The molecule has 0 unspecified atom stereocenters. The summed E-state index contributed by atoms with van der Waals surface area (Å²) in [5.74, 6) is -0.575. The summed E-state index contributed by atoms with van der Waals surface area (Å²) >= 11 is 1.40. The van der Waals surface area contributed by atoms with Gasteiger partial charge < -0.3 is 25.8 Å². The van der Waals surface area contributed by atoms with E-state index in [1.807, 2.05) is 6.92 Å². The number of hydrogen-bond acceptors (Lipinski definition) is 7. The average molecular weight is 486 g/mol. The number of nitrogens with one attached hydrogen (secondary N) is 2. The Balaban J connectivity index is 1.86. The van der Waals surface area contributed by atoms with Gasteiger partial charge in [0.1, 0.15) is 28.6 Å². The van der Waals surface area contributed by atoms with Gasteiger partial charge in [0.15, 0.2) is 0 Å². The molecule has 0 fully saturated rings. The predicted octanol–water partition coefficient (Wildman–Crippen LogP) is 3.77. The third-order valence-corrected chi connectivity index (χ3v) is 5.38. The van der Waals surface area contributed by atoms with Crippen LogP contribution in [-0.2, 0) is 10.9 Å². The summed E-state index contributed by atoms with van der Waals surface area (Å²) in [6, 6.07) is -0.241. The number of amides is 2. The van der Waals surface area contributed by atoms with Crippen LogP contribution in [0, 0.1) is 6.92 Å². The number of aryl methyl sites for hydroxylation is 1. The zero-order chi connectivity index (χ0) is 24.3. The number of anilines is 2. The molecule has 0 saturated carbocycles. The highest BCUT2D eigenvalue weighted by molar-refractivity contribution is 7.18. The van der Waals surface area contributed by atoms with Gasteiger partial charge >= 0.3 is 12.2 Å². The normalized spacial score (nSPS) is 13.6. The fourth-order valence-corrected chi connectivity index (χ4v) is 3.75. The van der Waals surface area contributed by atoms with Crippen LogP contribution in [0.25, 0.3) is 10.3 Å². The molecule has 3 aromatic rings. The van der Waals surface area contributed by atoms with Crippen LogP contribution in [0.3, 0.4) is 0 Å². The van der Waals surface area contributed by atoms with Crippen LogP contribution in [-0.4, -0.2) is 40.7 Å². The van der Waals surface area contributed by atoms with Crippen molar-refractivity contribution in [3.05, 3.63) is 34.6 Å². The van der Waals surface area contributed by atoms with E-state index < -0.39 is 29.8 Å². The Bertz CT molecular complexity index is 1150. The zero-order valence-corrected chi connectivity index (χ0v) is 19.2. The third-order valence-electron chi connectivity index (χ3n) is 4.50. The van der Waals surface area contributed by atoms with E-state index in [0.717, 1.165) is 17.3 Å². The van der Waals surface area contributed by atoms with Gasteiger partial charge in [-0.3, -0.25) is 0 Å². The number of fused-ring (bicyclic) bond motifs is 1. The minimum atomic E-state index is -4.72. The average Bonchev–Trinajstić information content (AvgIpc) is 3.11. The smallest absolute Gasteiger partial charge is 0.421 e. The van der Waals surface area contributed by atoms with E-state index in [1.54, 1.807) is 13.8 Å². The fraction of sp³-hybridized carbons (Fsp3) is 0.400. The van der Waals surface area contributed by atoms with Crippen LogP contribution in [0.2, 0.25) is 0 Å². The molecule has 0 aromatic carbocycles. The van der Waals surface area contributed by atoms with Gasteiger partial charge in [0, 0.05) is 12.7 Å². The number of alkyl halides is 3. The molecule has 0 aliphatic carbocycles. The van der Waals surface area contributed by atoms with E-state index in [4.69, 9.17) is 9.47 Å². The first kappa shape index (κ1) is 24.6. The van der Waals surface area contributed by atoms with Gasteiger partial charge in [-0.1, -0.05) is 11.3 Å². The van der Waals surface area contributed by atoms with E-state index in [9.17, 15) is 18.0 Å². The van der Waals surface area contributed by atoms with Gasteiger partial charge in [-0.05, 0) is 26.8 Å². The summed E-state index contributed by atoms with van der Waals surface area (Å²) in [6.07, 6.45) is -2.60. The number of aromatic nitrogens is 3. The van der Waals surface area contributed by atoms with E-state index in [-0.39, 0.29) is 18.3 Å². The number of urea groups is 1. The van der Waals surface area contributed by atoms with E-state index >= 15 is 0 Å². The Hall–Kier alpha value is -3.03. The number of ether oxygens (including phenoxy) is 2. The first-order valence-corrected chi connectivity index (χ1v) is 10.7. The van der Waals surface area contributed by atoms with Crippen molar-refractivity contribution in [2.75, 3.05) is 24.4 Å². The summed E-state index contributed by atoms with van der Waals surface area (Å²) in [5, 5.41) is 5.77. The maximum Gasteiger partial charge on any atom is 0.421 e. The molecule has 33 heavy (non-hydrogen) atoms. The molecule has 0 radical (unpaired) electrons. The van der Waals surface area contributed by atoms with Gasteiger partial charge in [-0.15, -0.1) is 0 Å². The largest absolute Gasteiger partial charge is 0.471 e. The van der Waals surface area contributed by atoms with Crippen LogP contribution < -0.4 is 21.1 Å². The number of hydrogen-bond donors (Lipinski definition) is 3. The van der Waals surface area contributed by atoms with Crippen LogP contribution in [0.15, 0.2) is 18.5 Å². The lowest BCUT2D eigenvalue weighted by Gasteiger charge is -2.17. The molecule has 5 N–H and O–H groups in total. The van der Waals surface area contributed by atoms with Gasteiger partial charge in [0.05, 0.1) is 34.9 Å². The lowest BCUT2D eigenvalue weighted by molar-refractivity contribution is -0.417. The Morgan fingerprint density at radius 1 is 1.24 bits per heavy atom. The van der Waals surface area contributed by atoms with Crippen molar-refractivity contribution < 1.29 is 33.2 Å². The second-order valence-electron chi connectivity index (χ2n) is 7.42. The standard InChI is InChI=1S/C20H23F3N6O3S/c1-9(24)8-32-17-13(20(21,22)23)5-12(6-25-17)28-19(30)29-14-7-26-18-16(27-11(3)33-18)15(14)10(2)31-4/h5-7,9-10H,8,24H2,1-4H3,(H2,28,29,30)/p+1/t9-,10-/m0/s1. The molecule has 13 heteroatoms. The van der Waals surface area contributed by atoms with E-state index in [0.29, 0.717) is 21.6 Å². The van der Waals surface area contributed by atoms with Crippen LogP contribution in [0.4, 0.5) is 29.3 Å². The molecule has 3 rings (SSSR count). The van der Waals surface area contributed by atoms with Crippen LogP contribution >= 0.6 is 11.3 Å². The third kappa shape index (κ3) is 5.86. The number of carbonyl (C=O) groups is 1. The second kappa shape index (κ2) is 9.85. The Morgan fingerprint density at radius 3 is 2.61 bits per heavy atom.